The average Bonchev–Trinajstić information content (AvgIpc) is 2.40. The van der Waals surface area contributed by atoms with Gasteiger partial charge in [-0.3, -0.25) is 4.90 Å². The predicted molar refractivity (Wildman–Crippen MR) is 91.8 cm³/mol. The monoisotopic (exact) mass is 376 g/mol. The molecule has 0 bridgehead atoms. The molecule has 1 unspecified atom stereocenters. The fourth-order valence-electron chi connectivity index (χ4n) is 3.50. The maximum Gasteiger partial charge on any atom is 0.0590 e. The van der Waals surface area contributed by atoms with Crippen molar-refractivity contribution in [3.63, 3.8) is 0 Å². The van der Waals surface area contributed by atoms with E-state index in [2.05, 4.69) is 52.8 Å². The van der Waals surface area contributed by atoms with E-state index in [1.54, 1.807) is 0 Å². The standard InChI is InChI=1S/C16H29IN2/c1-13(2)16-6-4-15(5-7-16)12-18-8-10-19(11-9-18)14(3)17/h14-16H,1,4-12H2,2-3H3. The first-order valence-corrected chi connectivity index (χ1v) is 9.06. The Hall–Kier alpha value is 0.390. The topological polar surface area (TPSA) is 6.48 Å². The smallest absolute Gasteiger partial charge is 0.0590 e. The Morgan fingerprint density at radius 1 is 1.16 bits per heavy atom. The minimum atomic E-state index is 0.686. The molecule has 1 saturated carbocycles. The lowest BCUT2D eigenvalue weighted by molar-refractivity contribution is 0.106. The van der Waals surface area contributed by atoms with Crippen LogP contribution < -0.4 is 0 Å². The van der Waals surface area contributed by atoms with E-state index in [9.17, 15) is 0 Å². The number of piperazine rings is 1. The largest absolute Gasteiger partial charge is 0.301 e. The van der Waals surface area contributed by atoms with E-state index < -0.39 is 0 Å². The second kappa shape index (κ2) is 7.41. The minimum Gasteiger partial charge on any atom is -0.301 e. The van der Waals surface area contributed by atoms with Crippen LogP contribution in [0.15, 0.2) is 12.2 Å². The zero-order valence-corrected chi connectivity index (χ0v) is 14.7. The van der Waals surface area contributed by atoms with E-state index >= 15 is 0 Å². The summed E-state index contributed by atoms with van der Waals surface area (Å²) in [4.78, 5) is 5.29. The van der Waals surface area contributed by atoms with Gasteiger partial charge in [-0.1, -0.05) is 34.7 Å². The van der Waals surface area contributed by atoms with Gasteiger partial charge in [0, 0.05) is 32.7 Å². The van der Waals surface area contributed by atoms with Crippen molar-refractivity contribution in [3.8, 4) is 0 Å². The van der Waals surface area contributed by atoms with Crippen LogP contribution in [0.5, 0.6) is 0 Å². The fraction of sp³-hybridized carbons (Fsp3) is 0.875. The molecule has 0 N–H and O–H groups in total. The number of nitrogens with zero attached hydrogens (tertiary/aromatic N) is 2. The summed E-state index contributed by atoms with van der Waals surface area (Å²) in [7, 11) is 0. The zero-order chi connectivity index (χ0) is 13.8. The van der Waals surface area contributed by atoms with Gasteiger partial charge in [0.15, 0.2) is 0 Å². The molecule has 0 radical (unpaired) electrons. The van der Waals surface area contributed by atoms with Gasteiger partial charge in [0.25, 0.3) is 0 Å². The first-order chi connectivity index (χ1) is 9.06. The third-order valence-electron chi connectivity index (χ3n) is 4.97. The molecule has 110 valence electrons. The fourth-order valence-corrected chi connectivity index (χ4v) is 4.06. The van der Waals surface area contributed by atoms with Crippen molar-refractivity contribution in [1.29, 1.82) is 0 Å². The molecule has 19 heavy (non-hydrogen) atoms. The van der Waals surface area contributed by atoms with Crippen molar-refractivity contribution in [2.75, 3.05) is 32.7 Å². The average molecular weight is 376 g/mol. The molecule has 1 aliphatic carbocycles. The molecule has 2 aliphatic rings. The molecule has 0 aromatic rings. The van der Waals surface area contributed by atoms with Gasteiger partial charge in [-0.25, -0.2) is 0 Å². The van der Waals surface area contributed by atoms with E-state index in [4.69, 9.17) is 0 Å². The molecule has 2 nitrogen and oxygen atoms in total. The van der Waals surface area contributed by atoms with Gasteiger partial charge in [0.05, 0.1) is 4.05 Å². The van der Waals surface area contributed by atoms with Crippen LogP contribution in [0, 0.1) is 11.8 Å². The summed E-state index contributed by atoms with van der Waals surface area (Å²) in [6.45, 7) is 15.0. The molecule has 0 amide bonds. The van der Waals surface area contributed by atoms with E-state index in [1.807, 2.05) is 0 Å². The molecular formula is C16H29IN2. The Balaban J connectivity index is 1.68. The van der Waals surface area contributed by atoms with Gasteiger partial charge in [0.2, 0.25) is 0 Å². The highest BCUT2D eigenvalue weighted by atomic mass is 127. The molecule has 2 fully saturated rings. The van der Waals surface area contributed by atoms with Crippen LogP contribution in [0.25, 0.3) is 0 Å². The quantitative estimate of drug-likeness (QED) is 0.319. The summed E-state index contributed by atoms with van der Waals surface area (Å²) in [5.41, 5.74) is 1.41. The van der Waals surface area contributed by atoms with Crippen molar-refractivity contribution in [2.45, 2.75) is 43.6 Å². The van der Waals surface area contributed by atoms with Crippen LogP contribution in [0.4, 0.5) is 0 Å². The lowest BCUT2D eigenvalue weighted by Gasteiger charge is -2.39. The van der Waals surface area contributed by atoms with Crippen LogP contribution >= 0.6 is 22.6 Å². The Bertz CT molecular complexity index is 287. The SMILES string of the molecule is C=C(C)C1CCC(CN2CCN(C(C)I)CC2)CC1. The second-order valence-corrected chi connectivity index (χ2v) is 8.28. The van der Waals surface area contributed by atoms with Crippen molar-refractivity contribution in [2.24, 2.45) is 11.8 Å². The van der Waals surface area contributed by atoms with E-state index in [1.165, 1.54) is 64.0 Å². The van der Waals surface area contributed by atoms with Gasteiger partial charge in [-0.2, -0.15) is 0 Å². The number of hydrogen-bond acceptors (Lipinski definition) is 2. The van der Waals surface area contributed by atoms with E-state index in [-0.39, 0.29) is 0 Å². The molecule has 3 heteroatoms. The second-order valence-electron chi connectivity index (χ2n) is 6.47. The highest BCUT2D eigenvalue weighted by Gasteiger charge is 2.25. The molecule has 2 rings (SSSR count). The zero-order valence-electron chi connectivity index (χ0n) is 12.6. The summed E-state index contributed by atoms with van der Waals surface area (Å²) in [5, 5.41) is 0. The molecule has 0 aromatic heterocycles. The van der Waals surface area contributed by atoms with Gasteiger partial charge in [0.1, 0.15) is 0 Å². The van der Waals surface area contributed by atoms with E-state index in [0.717, 1.165) is 11.8 Å². The third kappa shape index (κ3) is 4.71. The predicted octanol–water partition coefficient (Wildman–Crippen LogP) is 3.77. The Labute approximate surface area is 132 Å². The van der Waals surface area contributed by atoms with Crippen molar-refractivity contribution >= 4 is 22.6 Å². The van der Waals surface area contributed by atoms with Gasteiger partial charge in [-0.05, 0) is 51.4 Å². The van der Waals surface area contributed by atoms with Crippen LogP contribution in [-0.2, 0) is 0 Å². The number of rotatable bonds is 4. The molecule has 1 saturated heterocycles. The molecule has 1 atom stereocenters. The highest BCUT2D eigenvalue weighted by molar-refractivity contribution is 14.1. The summed E-state index contributed by atoms with van der Waals surface area (Å²) < 4.78 is 0.686. The van der Waals surface area contributed by atoms with Crippen molar-refractivity contribution < 1.29 is 0 Å². The number of alkyl halides is 1. The Morgan fingerprint density at radius 2 is 1.74 bits per heavy atom. The summed E-state index contributed by atoms with van der Waals surface area (Å²) in [6, 6.07) is 0. The summed E-state index contributed by atoms with van der Waals surface area (Å²) >= 11 is 2.53. The lowest BCUT2D eigenvalue weighted by Crippen LogP contribution is -2.49. The first-order valence-electron chi connectivity index (χ1n) is 7.82. The normalized spacial score (nSPS) is 32.2. The molecule has 0 spiro atoms. The number of hydrogen-bond donors (Lipinski definition) is 0. The van der Waals surface area contributed by atoms with Crippen LogP contribution in [0.1, 0.15) is 39.5 Å². The number of halogens is 1. The maximum absolute atomic E-state index is 4.13. The molecule has 0 aromatic carbocycles. The molecule has 1 aliphatic heterocycles. The van der Waals surface area contributed by atoms with E-state index in [0.29, 0.717) is 4.05 Å². The molecule has 1 heterocycles. The van der Waals surface area contributed by atoms with Crippen LogP contribution in [0.3, 0.4) is 0 Å². The minimum absolute atomic E-state index is 0.686. The van der Waals surface area contributed by atoms with Crippen molar-refractivity contribution in [3.05, 3.63) is 12.2 Å². The third-order valence-corrected chi connectivity index (χ3v) is 5.76. The molecular weight excluding hydrogens is 347 g/mol. The maximum atomic E-state index is 4.13. The van der Waals surface area contributed by atoms with Gasteiger partial charge < -0.3 is 4.90 Å². The Morgan fingerprint density at radius 3 is 2.21 bits per heavy atom. The van der Waals surface area contributed by atoms with Crippen molar-refractivity contribution in [1.82, 2.24) is 9.80 Å². The first kappa shape index (κ1) is 15.8. The lowest BCUT2D eigenvalue weighted by atomic mass is 9.79. The Kier molecular flexibility index (Phi) is 6.15. The van der Waals surface area contributed by atoms with Gasteiger partial charge >= 0.3 is 0 Å². The van der Waals surface area contributed by atoms with Crippen LogP contribution in [0.2, 0.25) is 0 Å². The van der Waals surface area contributed by atoms with Crippen LogP contribution in [-0.4, -0.2) is 46.6 Å². The van der Waals surface area contributed by atoms with Gasteiger partial charge in [-0.15, -0.1) is 0 Å². The summed E-state index contributed by atoms with van der Waals surface area (Å²) in [5.74, 6) is 1.76. The highest BCUT2D eigenvalue weighted by Crippen LogP contribution is 2.33. The number of allylic oxidation sites excluding steroid dienone is 1. The summed E-state index contributed by atoms with van der Waals surface area (Å²) in [6.07, 6.45) is 5.59.